The van der Waals surface area contributed by atoms with Crippen LogP contribution in [0.5, 0.6) is 0 Å². The van der Waals surface area contributed by atoms with Crippen LogP contribution < -0.4 is 4.72 Å². The molecule has 0 aliphatic rings. The second-order valence-electron chi connectivity index (χ2n) is 4.84. The third kappa shape index (κ3) is 4.02. The Morgan fingerprint density at radius 2 is 2.00 bits per heavy atom. The number of nitriles is 1. The quantitative estimate of drug-likeness (QED) is 0.842. The Labute approximate surface area is 107 Å². The molecule has 1 aromatic rings. The largest absolute Gasteiger partial charge is 0.396 e. The zero-order valence-corrected chi connectivity index (χ0v) is 11.2. The van der Waals surface area contributed by atoms with Crippen LogP contribution in [0.3, 0.4) is 0 Å². The molecule has 0 unspecified atom stereocenters. The number of nitrogens with one attached hydrogen (secondary N) is 1. The lowest BCUT2D eigenvalue weighted by Crippen LogP contribution is -2.31. The van der Waals surface area contributed by atoms with Crippen molar-refractivity contribution >= 4 is 15.7 Å². The van der Waals surface area contributed by atoms with Crippen LogP contribution in [0.4, 0.5) is 5.69 Å². The number of para-hydroxylation sites is 1. The van der Waals surface area contributed by atoms with Crippen molar-refractivity contribution in [3.63, 3.8) is 0 Å². The maximum Gasteiger partial charge on any atom is 0.233 e. The predicted octanol–water partition coefficient (Wildman–Crippen LogP) is 1.32. The molecule has 5 nitrogen and oxygen atoms in total. The van der Waals surface area contributed by atoms with Crippen molar-refractivity contribution in [3.05, 3.63) is 29.8 Å². The van der Waals surface area contributed by atoms with Gasteiger partial charge in [0.05, 0.1) is 17.0 Å². The summed E-state index contributed by atoms with van der Waals surface area (Å²) in [5.74, 6) is -0.212. The van der Waals surface area contributed by atoms with E-state index in [1.807, 2.05) is 6.07 Å². The first-order valence-electron chi connectivity index (χ1n) is 5.40. The van der Waals surface area contributed by atoms with E-state index in [0.29, 0.717) is 0 Å². The standard InChI is InChI=1S/C12H16N2O3S/c1-12(2,8-15)9-18(16,17)14-11-6-4-3-5-10(11)7-13/h3-6,14-15H,8-9H2,1-2H3. The highest BCUT2D eigenvalue weighted by molar-refractivity contribution is 7.92. The van der Waals surface area contributed by atoms with Gasteiger partial charge in [-0.1, -0.05) is 26.0 Å². The van der Waals surface area contributed by atoms with Crippen molar-refractivity contribution in [3.8, 4) is 6.07 Å². The lowest BCUT2D eigenvalue weighted by Gasteiger charge is -2.21. The Morgan fingerprint density at radius 1 is 1.39 bits per heavy atom. The Bertz CT molecular complexity index is 559. The van der Waals surface area contributed by atoms with Crippen LogP contribution >= 0.6 is 0 Å². The molecule has 0 fully saturated rings. The van der Waals surface area contributed by atoms with Crippen molar-refractivity contribution in [2.75, 3.05) is 17.1 Å². The lowest BCUT2D eigenvalue weighted by molar-refractivity contribution is 0.179. The van der Waals surface area contributed by atoms with Crippen LogP contribution in [0.1, 0.15) is 19.4 Å². The summed E-state index contributed by atoms with van der Waals surface area (Å²) in [5, 5.41) is 17.9. The summed E-state index contributed by atoms with van der Waals surface area (Å²) < 4.78 is 26.2. The molecular formula is C12H16N2O3S. The molecule has 0 heterocycles. The van der Waals surface area contributed by atoms with E-state index < -0.39 is 15.4 Å². The van der Waals surface area contributed by atoms with Gasteiger partial charge in [-0.15, -0.1) is 0 Å². The zero-order chi connectivity index (χ0) is 13.8. The molecule has 2 N–H and O–H groups in total. The molecule has 1 aromatic carbocycles. The van der Waals surface area contributed by atoms with Gasteiger partial charge in [0.2, 0.25) is 10.0 Å². The first-order valence-corrected chi connectivity index (χ1v) is 7.05. The Morgan fingerprint density at radius 3 is 2.56 bits per heavy atom. The molecule has 1 rings (SSSR count). The SMILES string of the molecule is CC(C)(CO)CS(=O)(=O)Nc1ccccc1C#N. The fourth-order valence-electron chi connectivity index (χ4n) is 1.43. The van der Waals surface area contributed by atoms with Crippen LogP contribution in [0.2, 0.25) is 0 Å². The van der Waals surface area contributed by atoms with Gasteiger partial charge in [-0.05, 0) is 12.1 Å². The summed E-state index contributed by atoms with van der Waals surface area (Å²) in [6, 6.07) is 8.29. The van der Waals surface area contributed by atoms with Gasteiger partial charge in [0.1, 0.15) is 6.07 Å². The third-order valence-electron chi connectivity index (χ3n) is 2.32. The third-order valence-corrected chi connectivity index (χ3v) is 4.01. The van der Waals surface area contributed by atoms with E-state index in [1.54, 1.807) is 26.0 Å². The van der Waals surface area contributed by atoms with E-state index in [0.717, 1.165) is 0 Å². The topological polar surface area (TPSA) is 90.2 Å². The highest BCUT2D eigenvalue weighted by atomic mass is 32.2. The van der Waals surface area contributed by atoms with Crippen LogP contribution in [0.15, 0.2) is 24.3 Å². The van der Waals surface area contributed by atoms with E-state index >= 15 is 0 Å². The minimum Gasteiger partial charge on any atom is -0.396 e. The van der Waals surface area contributed by atoms with E-state index in [-0.39, 0.29) is 23.6 Å². The number of aliphatic hydroxyl groups is 1. The molecule has 0 atom stereocenters. The Balaban J connectivity index is 2.94. The van der Waals surface area contributed by atoms with Crippen molar-refractivity contribution in [2.24, 2.45) is 5.41 Å². The normalized spacial score (nSPS) is 11.9. The summed E-state index contributed by atoms with van der Waals surface area (Å²) in [6.45, 7) is 3.08. The van der Waals surface area contributed by atoms with Gasteiger partial charge < -0.3 is 5.11 Å². The fourth-order valence-corrected chi connectivity index (χ4v) is 3.14. The van der Waals surface area contributed by atoms with Crippen molar-refractivity contribution < 1.29 is 13.5 Å². The highest BCUT2D eigenvalue weighted by Gasteiger charge is 2.26. The van der Waals surface area contributed by atoms with Crippen LogP contribution in [-0.2, 0) is 10.0 Å². The van der Waals surface area contributed by atoms with Crippen molar-refractivity contribution in [1.82, 2.24) is 0 Å². The molecule has 6 heteroatoms. The number of sulfonamides is 1. The van der Waals surface area contributed by atoms with Gasteiger partial charge in [-0.2, -0.15) is 5.26 Å². The molecule has 18 heavy (non-hydrogen) atoms. The van der Waals surface area contributed by atoms with Gasteiger partial charge in [0.15, 0.2) is 0 Å². The molecule has 0 saturated carbocycles. The first kappa shape index (κ1) is 14.5. The highest BCUT2D eigenvalue weighted by Crippen LogP contribution is 2.20. The Kier molecular flexibility index (Phi) is 4.33. The Hall–Kier alpha value is -1.58. The minimum atomic E-state index is -3.60. The van der Waals surface area contributed by atoms with Crippen molar-refractivity contribution in [1.29, 1.82) is 5.26 Å². The predicted molar refractivity (Wildman–Crippen MR) is 69.4 cm³/mol. The fraction of sp³-hybridized carbons (Fsp3) is 0.417. The molecule has 98 valence electrons. The van der Waals surface area contributed by atoms with Gasteiger partial charge in [0.25, 0.3) is 0 Å². The monoisotopic (exact) mass is 268 g/mol. The maximum atomic E-state index is 11.9. The van der Waals surface area contributed by atoms with Crippen LogP contribution in [-0.4, -0.2) is 25.9 Å². The molecule has 0 aromatic heterocycles. The number of benzene rings is 1. The van der Waals surface area contributed by atoms with E-state index in [1.165, 1.54) is 12.1 Å². The van der Waals surface area contributed by atoms with Gasteiger partial charge in [-0.3, -0.25) is 4.72 Å². The van der Waals surface area contributed by atoms with Crippen LogP contribution in [0.25, 0.3) is 0 Å². The number of nitrogens with zero attached hydrogens (tertiary/aromatic N) is 1. The molecular weight excluding hydrogens is 252 g/mol. The van der Waals surface area contributed by atoms with E-state index in [4.69, 9.17) is 10.4 Å². The van der Waals surface area contributed by atoms with E-state index in [2.05, 4.69) is 4.72 Å². The average Bonchev–Trinajstić information content (AvgIpc) is 2.28. The molecule has 0 bridgehead atoms. The molecule has 0 amide bonds. The molecule has 0 aliphatic carbocycles. The summed E-state index contributed by atoms with van der Waals surface area (Å²) in [4.78, 5) is 0. The number of hydrogen-bond donors (Lipinski definition) is 2. The second-order valence-corrected chi connectivity index (χ2v) is 6.56. The van der Waals surface area contributed by atoms with Crippen LogP contribution in [0, 0.1) is 16.7 Å². The minimum absolute atomic E-state index is 0.212. The van der Waals surface area contributed by atoms with E-state index in [9.17, 15) is 8.42 Å². The number of anilines is 1. The zero-order valence-electron chi connectivity index (χ0n) is 10.3. The molecule has 0 aliphatic heterocycles. The summed E-state index contributed by atoms with van der Waals surface area (Å²) in [7, 11) is -3.60. The molecule has 0 spiro atoms. The maximum absolute atomic E-state index is 11.9. The number of aliphatic hydroxyl groups excluding tert-OH is 1. The summed E-state index contributed by atoms with van der Waals surface area (Å²) in [5.41, 5.74) is -0.204. The van der Waals surface area contributed by atoms with Gasteiger partial charge >= 0.3 is 0 Å². The molecule has 0 saturated heterocycles. The summed E-state index contributed by atoms with van der Waals surface area (Å²) in [6.07, 6.45) is 0. The summed E-state index contributed by atoms with van der Waals surface area (Å²) >= 11 is 0. The van der Waals surface area contributed by atoms with Crippen molar-refractivity contribution in [2.45, 2.75) is 13.8 Å². The number of hydrogen-bond acceptors (Lipinski definition) is 4. The molecule has 0 radical (unpaired) electrons. The smallest absolute Gasteiger partial charge is 0.233 e. The number of rotatable bonds is 5. The average molecular weight is 268 g/mol. The lowest BCUT2D eigenvalue weighted by atomic mass is 9.98. The second kappa shape index (κ2) is 5.38. The van der Waals surface area contributed by atoms with Gasteiger partial charge in [0, 0.05) is 12.0 Å². The van der Waals surface area contributed by atoms with Gasteiger partial charge in [-0.25, -0.2) is 8.42 Å². The first-order chi connectivity index (χ1) is 8.29.